The fraction of sp³-hybridized carbons (Fsp3) is 0.478. The van der Waals surface area contributed by atoms with E-state index >= 15 is 0 Å². The molecule has 27 heavy (non-hydrogen) atoms. The molecule has 3 atom stereocenters. The normalized spacial score (nSPS) is 26.5. The van der Waals surface area contributed by atoms with Gasteiger partial charge in [0.25, 0.3) is 0 Å². The van der Waals surface area contributed by atoms with Crippen LogP contribution in [0.3, 0.4) is 0 Å². The van der Waals surface area contributed by atoms with Gasteiger partial charge in [0.2, 0.25) is 0 Å². The second kappa shape index (κ2) is 8.98. The number of morpholine rings is 1. The van der Waals surface area contributed by atoms with Gasteiger partial charge in [0.1, 0.15) is 0 Å². The molecular weight excluding hydrogens is 336 g/mol. The van der Waals surface area contributed by atoms with Crippen LogP contribution in [0.1, 0.15) is 24.0 Å². The van der Waals surface area contributed by atoms with Crippen molar-refractivity contribution in [2.75, 3.05) is 26.3 Å². The second-order valence-corrected chi connectivity index (χ2v) is 7.73. The summed E-state index contributed by atoms with van der Waals surface area (Å²) in [7, 11) is 0. The molecule has 2 fully saturated rings. The Kier molecular flexibility index (Phi) is 6.20. The summed E-state index contributed by atoms with van der Waals surface area (Å²) in [5, 5.41) is 10.9. The molecule has 1 aliphatic carbocycles. The van der Waals surface area contributed by atoms with Crippen molar-refractivity contribution in [2.45, 2.75) is 44.1 Å². The van der Waals surface area contributed by atoms with Crippen molar-refractivity contribution < 1.29 is 9.84 Å². The molecule has 2 aromatic rings. The number of aliphatic hydroxyl groups excluding tert-OH is 1. The maximum Gasteiger partial charge on any atom is 0.0711 e. The van der Waals surface area contributed by atoms with E-state index < -0.39 is 0 Å². The number of hydrogen-bond acceptors (Lipinski definition) is 4. The van der Waals surface area contributed by atoms with Crippen molar-refractivity contribution in [3.8, 4) is 0 Å². The van der Waals surface area contributed by atoms with Crippen LogP contribution < -0.4 is 0 Å². The summed E-state index contributed by atoms with van der Waals surface area (Å²) in [5.74, 6) is 0. The Labute approximate surface area is 162 Å². The topological polar surface area (TPSA) is 35.9 Å². The van der Waals surface area contributed by atoms with Gasteiger partial charge in [-0.25, -0.2) is 0 Å². The fourth-order valence-electron chi connectivity index (χ4n) is 4.64. The first kappa shape index (κ1) is 18.6. The summed E-state index contributed by atoms with van der Waals surface area (Å²) in [6.07, 6.45) is 1.67. The highest BCUT2D eigenvalue weighted by Gasteiger charge is 2.42. The van der Waals surface area contributed by atoms with Crippen molar-refractivity contribution in [1.82, 2.24) is 9.80 Å². The number of aliphatic hydroxyl groups is 1. The first-order chi connectivity index (χ1) is 13.3. The molecule has 1 heterocycles. The number of rotatable bonds is 6. The molecule has 1 saturated heterocycles. The van der Waals surface area contributed by atoms with Gasteiger partial charge in [0.05, 0.1) is 25.4 Å². The number of ether oxygens (including phenoxy) is 1. The van der Waals surface area contributed by atoms with Crippen molar-refractivity contribution >= 4 is 0 Å². The van der Waals surface area contributed by atoms with Gasteiger partial charge < -0.3 is 9.84 Å². The molecule has 4 heteroatoms. The molecule has 4 rings (SSSR count). The molecule has 1 N–H and O–H groups in total. The number of benzene rings is 2. The Morgan fingerprint density at radius 2 is 1.41 bits per heavy atom. The van der Waals surface area contributed by atoms with Crippen molar-refractivity contribution in [2.24, 2.45) is 0 Å². The van der Waals surface area contributed by atoms with E-state index in [4.69, 9.17) is 4.74 Å². The zero-order valence-corrected chi connectivity index (χ0v) is 15.9. The highest BCUT2D eigenvalue weighted by atomic mass is 16.5. The first-order valence-electron chi connectivity index (χ1n) is 10.1. The van der Waals surface area contributed by atoms with Crippen LogP contribution in [0.2, 0.25) is 0 Å². The molecule has 4 nitrogen and oxygen atoms in total. The molecule has 2 aliphatic rings. The Morgan fingerprint density at radius 3 is 1.96 bits per heavy atom. The summed E-state index contributed by atoms with van der Waals surface area (Å²) < 4.78 is 5.56. The molecule has 1 aliphatic heterocycles. The average molecular weight is 367 g/mol. The minimum absolute atomic E-state index is 0.156. The van der Waals surface area contributed by atoms with Crippen LogP contribution in [0, 0.1) is 0 Å². The quantitative estimate of drug-likeness (QED) is 0.853. The predicted molar refractivity (Wildman–Crippen MR) is 107 cm³/mol. The Bertz CT molecular complexity index is 647. The van der Waals surface area contributed by atoms with Gasteiger partial charge in [-0.1, -0.05) is 60.7 Å². The maximum absolute atomic E-state index is 10.9. The predicted octanol–water partition coefficient (Wildman–Crippen LogP) is 2.91. The highest BCUT2D eigenvalue weighted by Crippen LogP contribution is 2.31. The molecule has 0 amide bonds. The minimum Gasteiger partial charge on any atom is -0.391 e. The van der Waals surface area contributed by atoms with Crippen LogP contribution in [-0.2, 0) is 17.8 Å². The lowest BCUT2D eigenvalue weighted by Crippen LogP contribution is -2.54. The van der Waals surface area contributed by atoms with Crippen LogP contribution in [-0.4, -0.2) is 59.4 Å². The van der Waals surface area contributed by atoms with Crippen LogP contribution in [0.15, 0.2) is 60.7 Å². The number of nitrogens with zero attached hydrogens (tertiary/aromatic N) is 2. The molecule has 0 spiro atoms. The smallest absolute Gasteiger partial charge is 0.0711 e. The summed E-state index contributed by atoms with van der Waals surface area (Å²) in [6.45, 7) is 5.26. The number of hydrogen-bond donors (Lipinski definition) is 1. The van der Waals surface area contributed by atoms with E-state index in [1.807, 2.05) is 0 Å². The van der Waals surface area contributed by atoms with Gasteiger partial charge in [-0.05, 0) is 24.0 Å². The minimum atomic E-state index is -0.273. The largest absolute Gasteiger partial charge is 0.391 e. The Hall–Kier alpha value is -1.72. The van der Waals surface area contributed by atoms with E-state index in [0.29, 0.717) is 6.04 Å². The van der Waals surface area contributed by atoms with Gasteiger partial charge in [-0.2, -0.15) is 0 Å². The maximum atomic E-state index is 10.9. The van der Waals surface area contributed by atoms with Crippen LogP contribution >= 0.6 is 0 Å². The van der Waals surface area contributed by atoms with Gasteiger partial charge >= 0.3 is 0 Å². The third-order valence-electron chi connectivity index (χ3n) is 5.94. The zero-order chi connectivity index (χ0) is 18.5. The molecule has 0 aromatic heterocycles. The third-order valence-corrected chi connectivity index (χ3v) is 5.94. The molecule has 0 unspecified atom stereocenters. The lowest BCUT2D eigenvalue weighted by Gasteiger charge is -2.41. The summed E-state index contributed by atoms with van der Waals surface area (Å²) in [6, 6.07) is 21.8. The standard InChI is InChI=1S/C23H30N2O2/c26-22-12-11-21(24-13-15-27-16-14-24)23(22)25(17-19-7-3-1-4-8-19)18-20-9-5-2-6-10-20/h1-10,21-23,26H,11-18H2/t21-,22+,23+/m0/s1. The van der Waals surface area contributed by atoms with E-state index in [0.717, 1.165) is 52.2 Å². The average Bonchev–Trinajstić information content (AvgIpc) is 3.11. The Balaban J connectivity index is 1.58. The molecule has 1 saturated carbocycles. The molecule has 2 aromatic carbocycles. The van der Waals surface area contributed by atoms with Crippen molar-refractivity contribution in [1.29, 1.82) is 0 Å². The van der Waals surface area contributed by atoms with Gasteiger partial charge in [-0.3, -0.25) is 9.80 Å². The zero-order valence-electron chi connectivity index (χ0n) is 15.9. The van der Waals surface area contributed by atoms with Gasteiger partial charge in [0, 0.05) is 32.2 Å². The van der Waals surface area contributed by atoms with E-state index in [2.05, 4.69) is 70.5 Å². The van der Waals surface area contributed by atoms with Crippen LogP contribution in [0.25, 0.3) is 0 Å². The summed E-state index contributed by atoms with van der Waals surface area (Å²) in [4.78, 5) is 5.02. The second-order valence-electron chi connectivity index (χ2n) is 7.73. The first-order valence-corrected chi connectivity index (χ1v) is 10.1. The van der Waals surface area contributed by atoms with Crippen molar-refractivity contribution in [3.63, 3.8) is 0 Å². The van der Waals surface area contributed by atoms with Gasteiger partial charge in [-0.15, -0.1) is 0 Å². The van der Waals surface area contributed by atoms with Gasteiger partial charge in [0.15, 0.2) is 0 Å². The van der Waals surface area contributed by atoms with Crippen molar-refractivity contribution in [3.05, 3.63) is 71.8 Å². The van der Waals surface area contributed by atoms with E-state index in [1.54, 1.807) is 0 Å². The molecule has 0 radical (unpaired) electrons. The Morgan fingerprint density at radius 1 is 0.852 bits per heavy atom. The van der Waals surface area contributed by atoms with Crippen LogP contribution in [0.4, 0.5) is 0 Å². The monoisotopic (exact) mass is 366 g/mol. The SMILES string of the molecule is O[C@@H]1CC[C@H](N2CCOCC2)[C@H]1N(Cc1ccccc1)Cc1ccccc1. The lowest BCUT2D eigenvalue weighted by molar-refractivity contribution is -0.0230. The molecule has 0 bridgehead atoms. The molecular formula is C23H30N2O2. The van der Waals surface area contributed by atoms with E-state index in [9.17, 15) is 5.11 Å². The summed E-state index contributed by atoms with van der Waals surface area (Å²) in [5.41, 5.74) is 2.60. The summed E-state index contributed by atoms with van der Waals surface area (Å²) >= 11 is 0. The van der Waals surface area contributed by atoms with E-state index in [1.165, 1.54) is 11.1 Å². The molecule has 144 valence electrons. The van der Waals surface area contributed by atoms with E-state index in [-0.39, 0.29) is 12.1 Å². The van der Waals surface area contributed by atoms with Crippen LogP contribution in [0.5, 0.6) is 0 Å². The lowest BCUT2D eigenvalue weighted by atomic mass is 10.0. The fourth-order valence-corrected chi connectivity index (χ4v) is 4.64. The highest BCUT2D eigenvalue weighted by molar-refractivity contribution is 5.18. The third kappa shape index (κ3) is 4.58.